The summed E-state index contributed by atoms with van der Waals surface area (Å²) in [6.45, 7) is 8.58. The average molecular weight is 447 g/mol. The second kappa shape index (κ2) is 11.5. The van der Waals surface area contributed by atoms with E-state index in [1.807, 2.05) is 0 Å². The number of esters is 1. The van der Waals surface area contributed by atoms with E-state index < -0.39 is 5.97 Å². The predicted molar refractivity (Wildman–Crippen MR) is 123 cm³/mol. The van der Waals surface area contributed by atoms with Crippen molar-refractivity contribution < 1.29 is 19.1 Å². The highest BCUT2D eigenvalue weighted by Crippen LogP contribution is 2.23. The largest absolute Gasteiger partial charge is 0.465 e. The van der Waals surface area contributed by atoms with Crippen LogP contribution >= 0.6 is 0 Å². The second-order valence-corrected chi connectivity index (χ2v) is 9.11. The number of nitrogens with one attached hydrogen (secondary N) is 2. The van der Waals surface area contributed by atoms with E-state index in [9.17, 15) is 14.4 Å². The van der Waals surface area contributed by atoms with Crippen molar-refractivity contribution in [3.8, 4) is 0 Å². The minimum Gasteiger partial charge on any atom is -0.465 e. The number of rotatable bonds is 7. The van der Waals surface area contributed by atoms with E-state index in [0.29, 0.717) is 42.1 Å². The Balaban J connectivity index is 1.50. The number of amides is 2. The van der Waals surface area contributed by atoms with Crippen molar-refractivity contribution in [2.75, 3.05) is 46.4 Å². The first-order valence-corrected chi connectivity index (χ1v) is 12.0. The summed E-state index contributed by atoms with van der Waals surface area (Å²) in [6.07, 6.45) is 7.75. The molecule has 0 aromatic carbocycles. The van der Waals surface area contributed by atoms with Gasteiger partial charge in [-0.2, -0.15) is 0 Å². The summed E-state index contributed by atoms with van der Waals surface area (Å²) in [4.78, 5) is 45.2. The van der Waals surface area contributed by atoms with Crippen LogP contribution in [0.5, 0.6) is 0 Å². The van der Waals surface area contributed by atoms with Crippen LogP contribution in [-0.4, -0.2) is 78.9 Å². The van der Waals surface area contributed by atoms with Crippen LogP contribution in [0, 0.1) is 19.8 Å². The lowest BCUT2D eigenvalue weighted by Gasteiger charge is -2.32. The molecule has 8 nitrogen and oxygen atoms in total. The number of aryl methyl sites for hydroxylation is 1. The lowest BCUT2D eigenvalue weighted by atomic mass is 9.96. The van der Waals surface area contributed by atoms with Crippen molar-refractivity contribution in [1.82, 2.24) is 20.1 Å². The molecule has 2 saturated heterocycles. The maximum Gasteiger partial charge on any atom is 0.339 e. The molecule has 2 aliphatic rings. The summed E-state index contributed by atoms with van der Waals surface area (Å²) in [5, 5.41) is 3.08. The number of aromatic amines is 1. The summed E-state index contributed by atoms with van der Waals surface area (Å²) in [5.41, 5.74) is 2.03. The topological polar surface area (TPSA) is 94.7 Å². The number of likely N-dealkylation sites (tertiary alicyclic amines) is 2. The zero-order valence-electron chi connectivity index (χ0n) is 19.8. The van der Waals surface area contributed by atoms with Gasteiger partial charge in [-0.3, -0.25) is 9.59 Å². The van der Waals surface area contributed by atoms with E-state index in [4.69, 9.17) is 4.74 Å². The summed E-state index contributed by atoms with van der Waals surface area (Å²) >= 11 is 0. The molecule has 0 radical (unpaired) electrons. The fourth-order valence-corrected chi connectivity index (χ4v) is 4.92. The van der Waals surface area contributed by atoms with Gasteiger partial charge in [0.15, 0.2) is 0 Å². The molecule has 0 saturated carbocycles. The molecule has 0 aliphatic carbocycles. The fraction of sp³-hybridized carbons (Fsp3) is 0.708. The van der Waals surface area contributed by atoms with E-state index >= 15 is 0 Å². The van der Waals surface area contributed by atoms with Crippen molar-refractivity contribution in [2.24, 2.45) is 5.92 Å². The summed E-state index contributed by atoms with van der Waals surface area (Å²) in [6, 6.07) is 0. The van der Waals surface area contributed by atoms with Crippen LogP contribution in [0.15, 0.2) is 0 Å². The Kier molecular flexibility index (Phi) is 8.73. The zero-order chi connectivity index (χ0) is 23.1. The maximum absolute atomic E-state index is 13.1. The van der Waals surface area contributed by atoms with Crippen LogP contribution in [0.1, 0.15) is 77.0 Å². The number of hydrogen-bond donors (Lipinski definition) is 2. The van der Waals surface area contributed by atoms with Crippen molar-refractivity contribution in [1.29, 1.82) is 0 Å². The number of aromatic nitrogens is 1. The van der Waals surface area contributed by atoms with E-state index in [1.165, 1.54) is 45.9 Å². The highest BCUT2D eigenvalue weighted by Gasteiger charge is 2.31. The molecule has 0 bridgehead atoms. The molecule has 2 fully saturated rings. The number of carbonyl (C=O) groups is 3. The van der Waals surface area contributed by atoms with Crippen LogP contribution in [0.25, 0.3) is 0 Å². The first kappa shape index (κ1) is 24.3. The van der Waals surface area contributed by atoms with Crippen LogP contribution in [0.3, 0.4) is 0 Å². The monoisotopic (exact) mass is 446 g/mol. The van der Waals surface area contributed by atoms with E-state index in [-0.39, 0.29) is 17.7 Å². The summed E-state index contributed by atoms with van der Waals surface area (Å²) in [5.74, 6) is -0.777. The van der Waals surface area contributed by atoms with Gasteiger partial charge in [0.25, 0.3) is 5.91 Å². The smallest absolute Gasteiger partial charge is 0.339 e. The first-order chi connectivity index (χ1) is 15.4. The van der Waals surface area contributed by atoms with Crippen molar-refractivity contribution in [2.45, 2.75) is 58.8 Å². The standard InChI is InChI=1S/C24H38N4O4/c1-17-20(24(31)32-3)18(2)26-21(17)23(30)28-15-8-10-19(16-28)22(29)25-11-9-14-27-12-6-4-5-7-13-27/h19,26H,4-16H2,1-3H3,(H,25,29). The normalized spacial score (nSPS) is 20.0. The Morgan fingerprint density at radius 1 is 1.06 bits per heavy atom. The molecule has 3 heterocycles. The molecule has 1 atom stereocenters. The molecule has 2 N–H and O–H groups in total. The molecule has 8 heteroatoms. The van der Waals surface area contributed by atoms with E-state index in [2.05, 4.69) is 15.2 Å². The van der Waals surface area contributed by atoms with Gasteiger partial charge in [-0.1, -0.05) is 12.8 Å². The third kappa shape index (κ3) is 5.91. The molecule has 1 aromatic rings. The lowest BCUT2D eigenvalue weighted by molar-refractivity contribution is -0.126. The van der Waals surface area contributed by atoms with Crippen LogP contribution < -0.4 is 5.32 Å². The minimum atomic E-state index is -0.452. The fourth-order valence-electron chi connectivity index (χ4n) is 4.92. The third-order valence-corrected chi connectivity index (χ3v) is 6.77. The van der Waals surface area contributed by atoms with Crippen molar-refractivity contribution >= 4 is 17.8 Å². The number of nitrogens with zero attached hydrogens (tertiary/aromatic N) is 2. The van der Waals surface area contributed by atoms with Crippen LogP contribution in [0.2, 0.25) is 0 Å². The van der Waals surface area contributed by atoms with E-state index in [0.717, 1.165) is 25.8 Å². The zero-order valence-corrected chi connectivity index (χ0v) is 19.8. The Labute approximate surface area is 191 Å². The Hall–Kier alpha value is -2.35. The Morgan fingerprint density at radius 3 is 2.47 bits per heavy atom. The Morgan fingerprint density at radius 2 is 1.78 bits per heavy atom. The van der Waals surface area contributed by atoms with Gasteiger partial charge in [-0.15, -0.1) is 0 Å². The number of ether oxygens (including phenoxy) is 1. The average Bonchev–Trinajstić information content (AvgIpc) is 2.96. The molecular weight excluding hydrogens is 408 g/mol. The van der Waals surface area contributed by atoms with Gasteiger partial charge in [0.05, 0.1) is 18.6 Å². The number of H-pyrrole nitrogens is 1. The molecule has 2 amide bonds. The minimum absolute atomic E-state index is 0.0352. The van der Waals surface area contributed by atoms with Gasteiger partial charge in [0.1, 0.15) is 5.69 Å². The number of hydrogen-bond acceptors (Lipinski definition) is 5. The SMILES string of the molecule is COC(=O)c1c(C)[nH]c(C(=O)N2CCCC(C(=O)NCCCN3CCCCCC3)C2)c1C. The second-order valence-electron chi connectivity index (χ2n) is 9.11. The predicted octanol–water partition coefficient (Wildman–Crippen LogP) is 2.65. The molecule has 0 spiro atoms. The molecule has 1 aromatic heterocycles. The molecule has 3 rings (SSSR count). The third-order valence-electron chi connectivity index (χ3n) is 6.77. The van der Waals surface area contributed by atoms with E-state index in [1.54, 1.807) is 18.7 Å². The van der Waals surface area contributed by atoms with Crippen molar-refractivity contribution in [3.05, 3.63) is 22.5 Å². The molecule has 32 heavy (non-hydrogen) atoms. The van der Waals surface area contributed by atoms with Gasteiger partial charge in [0, 0.05) is 25.3 Å². The van der Waals surface area contributed by atoms with Gasteiger partial charge < -0.3 is 24.8 Å². The first-order valence-electron chi connectivity index (χ1n) is 12.0. The molecular formula is C24H38N4O4. The highest BCUT2D eigenvalue weighted by molar-refractivity contribution is 6.00. The lowest BCUT2D eigenvalue weighted by Crippen LogP contribution is -2.46. The van der Waals surface area contributed by atoms with Gasteiger partial charge in [-0.05, 0) is 71.1 Å². The molecule has 1 unspecified atom stereocenters. The van der Waals surface area contributed by atoms with Crippen molar-refractivity contribution in [3.63, 3.8) is 0 Å². The number of methoxy groups -OCH3 is 1. The van der Waals surface area contributed by atoms with Gasteiger partial charge in [0.2, 0.25) is 5.91 Å². The van der Waals surface area contributed by atoms with Crippen LogP contribution in [-0.2, 0) is 9.53 Å². The molecule has 178 valence electrons. The summed E-state index contributed by atoms with van der Waals surface area (Å²) < 4.78 is 4.84. The number of carbonyl (C=O) groups excluding carboxylic acids is 3. The molecule has 2 aliphatic heterocycles. The Bertz CT molecular complexity index is 811. The van der Waals surface area contributed by atoms with Gasteiger partial charge in [-0.25, -0.2) is 4.79 Å². The highest BCUT2D eigenvalue weighted by atomic mass is 16.5. The quantitative estimate of drug-likeness (QED) is 0.496. The van der Waals surface area contributed by atoms with Gasteiger partial charge >= 0.3 is 5.97 Å². The van der Waals surface area contributed by atoms with Crippen LogP contribution in [0.4, 0.5) is 0 Å². The maximum atomic E-state index is 13.1. The summed E-state index contributed by atoms with van der Waals surface area (Å²) in [7, 11) is 1.33. The number of piperidine rings is 1.